The van der Waals surface area contributed by atoms with E-state index in [2.05, 4.69) is 62.6 Å². The monoisotopic (exact) mass is 338 g/mol. The highest BCUT2D eigenvalue weighted by Crippen LogP contribution is 2.26. The van der Waals surface area contributed by atoms with Crippen molar-refractivity contribution in [1.29, 1.82) is 0 Å². The summed E-state index contributed by atoms with van der Waals surface area (Å²) in [5.74, 6) is 1.29. The minimum atomic E-state index is -0.322. The molecule has 1 aliphatic heterocycles. The van der Waals surface area contributed by atoms with Crippen LogP contribution in [0, 0.1) is 18.8 Å². The molecule has 1 fully saturated rings. The first kappa shape index (κ1) is 20.0. The third kappa shape index (κ3) is 5.82. The highest BCUT2D eigenvalue weighted by molar-refractivity contribution is 5.85. The van der Waals surface area contributed by atoms with E-state index in [0.29, 0.717) is 18.3 Å². The lowest BCUT2D eigenvalue weighted by molar-refractivity contribution is -0.124. The number of carbonyl (C=O) groups is 1. The van der Waals surface area contributed by atoms with Crippen LogP contribution in [-0.2, 0) is 10.3 Å². The van der Waals surface area contributed by atoms with Crippen LogP contribution in [0.1, 0.15) is 51.2 Å². The highest BCUT2D eigenvalue weighted by Gasteiger charge is 2.26. The maximum atomic E-state index is 12.4. The molecule has 3 nitrogen and oxygen atoms in total. The molecule has 1 aromatic rings. The zero-order chi connectivity index (χ0) is 16.2. The Balaban J connectivity index is 0.00000264. The zero-order valence-corrected chi connectivity index (χ0v) is 15.6. The van der Waals surface area contributed by atoms with E-state index in [1.807, 2.05) is 0 Å². The molecule has 4 heteroatoms. The van der Waals surface area contributed by atoms with Gasteiger partial charge in [-0.2, -0.15) is 0 Å². The molecule has 0 saturated carbocycles. The van der Waals surface area contributed by atoms with E-state index in [-0.39, 0.29) is 23.9 Å². The molecule has 2 N–H and O–H groups in total. The summed E-state index contributed by atoms with van der Waals surface area (Å²) in [6.45, 7) is 10.6. The fraction of sp³-hybridized carbons (Fsp3) is 0.632. The standard InChI is InChI=1S/C19H30N2O.ClH/c1-14-6-5-7-17(12-14)19(3,4)21-18(22)13-15(2)16-8-10-20-11-9-16;/h5-7,12,15-16,20H,8-11,13H2,1-4H3,(H,21,22);1H. The average Bonchev–Trinajstić information content (AvgIpc) is 2.47. The topological polar surface area (TPSA) is 41.1 Å². The van der Waals surface area contributed by atoms with E-state index in [1.54, 1.807) is 0 Å². The SMILES string of the molecule is Cc1cccc(C(C)(C)NC(=O)CC(C)C2CCNCC2)c1.Cl. The van der Waals surface area contributed by atoms with E-state index in [9.17, 15) is 4.79 Å². The van der Waals surface area contributed by atoms with Gasteiger partial charge in [-0.3, -0.25) is 4.79 Å². The summed E-state index contributed by atoms with van der Waals surface area (Å²) in [5.41, 5.74) is 2.06. The normalized spacial score (nSPS) is 17.2. The molecule has 0 radical (unpaired) electrons. The Kier molecular flexibility index (Phi) is 7.56. The largest absolute Gasteiger partial charge is 0.347 e. The van der Waals surface area contributed by atoms with Crippen molar-refractivity contribution in [3.63, 3.8) is 0 Å². The van der Waals surface area contributed by atoms with Crippen LogP contribution in [0.5, 0.6) is 0 Å². The second-order valence-corrected chi connectivity index (χ2v) is 7.31. The first-order valence-electron chi connectivity index (χ1n) is 8.47. The summed E-state index contributed by atoms with van der Waals surface area (Å²) in [5, 5.41) is 6.60. The number of hydrogen-bond acceptors (Lipinski definition) is 2. The van der Waals surface area contributed by atoms with Crippen molar-refractivity contribution in [3.05, 3.63) is 35.4 Å². The van der Waals surface area contributed by atoms with Crippen molar-refractivity contribution in [2.45, 2.75) is 52.5 Å². The second kappa shape index (κ2) is 8.70. The molecule has 2 rings (SSSR count). The van der Waals surface area contributed by atoms with Crippen LogP contribution < -0.4 is 10.6 Å². The first-order valence-corrected chi connectivity index (χ1v) is 8.47. The quantitative estimate of drug-likeness (QED) is 0.857. The second-order valence-electron chi connectivity index (χ2n) is 7.31. The number of piperidine rings is 1. The number of benzene rings is 1. The van der Waals surface area contributed by atoms with Crippen LogP contribution in [-0.4, -0.2) is 19.0 Å². The molecule has 0 aliphatic carbocycles. The van der Waals surface area contributed by atoms with Crippen molar-refractivity contribution in [2.75, 3.05) is 13.1 Å². The van der Waals surface area contributed by atoms with Gasteiger partial charge in [0.25, 0.3) is 0 Å². The van der Waals surface area contributed by atoms with Gasteiger partial charge in [-0.15, -0.1) is 12.4 Å². The predicted molar refractivity (Wildman–Crippen MR) is 99.0 cm³/mol. The molecule has 0 aromatic heterocycles. The summed E-state index contributed by atoms with van der Waals surface area (Å²) in [4.78, 5) is 12.4. The van der Waals surface area contributed by atoms with Crippen molar-refractivity contribution in [1.82, 2.24) is 10.6 Å². The molecule has 1 saturated heterocycles. The van der Waals surface area contributed by atoms with Gasteiger partial charge in [0.15, 0.2) is 0 Å². The van der Waals surface area contributed by atoms with Crippen molar-refractivity contribution >= 4 is 18.3 Å². The molecule has 1 heterocycles. The van der Waals surface area contributed by atoms with Crippen molar-refractivity contribution in [2.24, 2.45) is 11.8 Å². The van der Waals surface area contributed by atoms with Gasteiger partial charge in [-0.1, -0.05) is 36.8 Å². The number of nitrogens with one attached hydrogen (secondary N) is 2. The smallest absolute Gasteiger partial charge is 0.220 e. The minimum Gasteiger partial charge on any atom is -0.347 e. The number of aryl methyl sites for hydroxylation is 1. The summed E-state index contributed by atoms with van der Waals surface area (Å²) in [6.07, 6.45) is 3.01. The van der Waals surface area contributed by atoms with Crippen LogP contribution in [0.25, 0.3) is 0 Å². The molecule has 1 aliphatic rings. The lowest BCUT2D eigenvalue weighted by Gasteiger charge is -2.31. The fourth-order valence-electron chi connectivity index (χ4n) is 3.38. The van der Waals surface area contributed by atoms with Gasteiger partial charge in [-0.05, 0) is 64.1 Å². The Labute approximate surface area is 147 Å². The summed E-state index contributed by atoms with van der Waals surface area (Å²) in [6, 6.07) is 8.37. The van der Waals surface area contributed by atoms with Gasteiger partial charge in [0.1, 0.15) is 0 Å². The Morgan fingerprint density at radius 1 is 1.35 bits per heavy atom. The number of halogens is 1. The molecule has 130 valence electrons. The summed E-state index contributed by atoms with van der Waals surface area (Å²) in [7, 11) is 0. The maximum Gasteiger partial charge on any atom is 0.220 e. The minimum absolute atomic E-state index is 0. The molecule has 0 bridgehead atoms. The lowest BCUT2D eigenvalue weighted by Crippen LogP contribution is -2.42. The summed E-state index contributed by atoms with van der Waals surface area (Å²) < 4.78 is 0. The van der Waals surface area contributed by atoms with Crippen molar-refractivity contribution in [3.8, 4) is 0 Å². The maximum absolute atomic E-state index is 12.4. The van der Waals surface area contributed by atoms with Crippen LogP contribution in [0.3, 0.4) is 0 Å². The molecule has 23 heavy (non-hydrogen) atoms. The van der Waals surface area contributed by atoms with E-state index >= 15 is 0 Å². The lowest BCUT2D eigenvalue weighted by atomic mass is 9.83. The van der Waals surface area contributed by atoms with Crippen LogP contribution >= 0.6 is 12.4 Å². The Morgan fingerprint density at radius 3 is 2.61 bits per heavy atom. The van der Waals surface area contributed by atoms with E-state index in [4.69, 9.17) is 0 Å². The molecule has 1 unspecified atom stereocenters. The molecule has 1 aromatic carbocycles. The Bertz CT molecular complexity index is 510. The number of amides is 1. The van der Waals surface area contributed by atoms with Gasteiger partial charge in [-0.25, -0.2) is 0 Å². The van der Waals surface area contributed by atoms with Crippen LogP contribution in [0.4, 0.5) is 0 Å². The van der Waals surface area contributed by atoms with E-state index in [0.717, 1.165) is 18.7 Å². The third-order valence-corrected chi connectivity index (χ3v) is 4.89. The Hall–Kier alpha value is -1.06. The molecule has 0 spiro atoms. The average molecular weight is 339 g/mol. The molecular formula is C19H31ClN2O. The molecule has 1 amide bonds. The van der Waals surface area contributed by atoms with E-state index in [1.165, 1.54) is 18.4 Å². The van der Waals surface area contributed by atoms with Gasteiger partial charge in [0.05, 0.1) is 5.54 Å². The van der Waals surface area contributed by atoms with Gasteiger partial charge < -0.3 is 10.6 Å². The molecule has 1 atom stereocenters. The van der Waals surface area contributed by atoms with Gasteiger partial charge >= 0.3 is 0 Å². The highest BCUT2D eigenvalue weighted by atomic mass is 35.5. The van der Waals surface area contributed by atoms with Crippen LogP contribution in [0.15, 0.2) is 24.3 Å². The Morgan fingerprint density at radius 2 is 2.00 bits per heavy atom. The van der Waals surface area contributed by atoms with Gasteiger partial charge in [0.2, 0.25) is 5.91 Å². The molecular weight excluding hydrogens is 308 g/mol. The number of rotatable bonds is 5. The first-order chi connectivity index (χ1) is 10.4. The zero-order valence-electron chi connectivity index (χ0n) is 14.8. The third-order valence-electron chi connectivity index (χ3n) is 4.89. The fourth-order valence-corrected chi connectivity index (χ4v) is 3.38. The summed E-state index contributed by atoms with van der Waals surface area (Å²) >= 11 is 0. The number of carbonyl (C=O) groups excluding carboxylic acids is 1. The number of hydrogen-bond donors (Lipinski definition) is 2. The predicted octanol–water partition coefficient (Wildman–Crippen LogP) is 3.79. The van der Waals surface area contributed by atoms with Crippen LogP contribution in [0.2, 0.25) is 0 Å². The van der Waals surface area contributed by atoms with E-state index < -0.39 is 0 Å². The van der Waals surface area contributed by atoms with Gasteiger partial charge in [0, 0.05) is 6.42 Å². The van der Waals surface area contributed by atoms with Crippen molar-refractivity contribution < 1.29 is 4.79 Å².